The fourth-order valence-corrected chi connectivity index (χ4v) is 8.63. The molecule has 61 heavy (non-hydrogen) atoms. The van der Waals surface area contributed by atoms with Gasteiger partial charge in [-0.3, -0.25) is 14.3 Å². The molecule has 1 fully saturated rings. The molecule has 9 rings (SSSR count). The Labute approximate surface area is 353 Å². The second-order valence-corrected chi connectivity index (χ2v) is 15.1. The van der Waals surface area contributed by atoms with Crippen molar-refractivity contribution in [2.24, 2.45) is 0 Å². The minimum Gasteiger partial charge on any atom is -0.386 e. The summed E-state index contributed by atoms with van der Waals surface area (Å²) in [4.78, 5) is 29.6. The minimum atomic E-state index is -1.43. The van der Waals surface area contributed by atoms with Gasteiger partial charge in [-0.05, 0) is 38.9 Å². The highest BCUT2D eigenvalue weighted by Gasteiger charge is 2.52. The number of aliphatic hydroxyl groups excluding tert-OH is 1. The third-order valence-corrected chi connectivity index (χ3v) is 11.5. The Morgan fingerprint density at radius 2 is 0.885 bits per heavy atom. The van der Waals surface area contributed by atoms with Gasteiger partial charge in [0.05, 0.1) is 12.2 Å². The van der Waals surface area contributed by atoms with Gasteiger partial charge >= 0.3 is 5.69 Å². The Balaban J connectivity index is 1.22. The minimum absolute atomic E-state index is 0.0883. The first-order valence-corrected chi connectivity index (χ1v) is 20.4. The zero-order valence-electron chi connectivity index (χ0n) is 33.2. The number of benzene rings is 7. The summed E-state index contributed by atoms with van der Waals surface area (Å²) in [6, 6.07) is 68.8. The largest absolute Gasteiger partial charge is 0.386 e. The van der Waals surface area contributed by atoms with E-state index in [4.69, 9.17) is 14.2 Å². The van der Waals surface area contributed by atoms with Crippen LogP contribution in [0.4, 0.5) is 0 Å². The number of aromatic nitrogens is 2. The van der Waals surface area contributed by atoms with Gasteiger partial charge in [0.1, 0.15) is 29.5 Å². The molecule has 302 valence electrons. The number of ether oxygens (including phenoxy) is 3. The highest BCUT2D eigenvalue weighted by Crippen LogP contribution is 2.46. The molecule has 0 bridgehead atoms. The molecule has 0 amide bonds. The van der Waals surface area contributed by atoms with Gasteiger partial charge in [-0.2, -0.15) is 0 Å². The maximum Gasteiger partial charge on any atom is 0.330 e. The van der Waals surface area contributed by atoms with E-state index in [0.29, 0.717) is 5.56 Å². The third-order valence-electron chi connectivity index (χ3n) is 11.5. The summed E-state index contributed by atoms with van der Waals surface area (Å²) >= 11 is 0. The molecular weight excluding hydrogens is 761 g/mol. The van der Waals surface area contributed by atoms with Crippen molar-refractivity contribution >= 4 is 0 Å². The van der Waals surface area contributed by atoms with Gasteiger partial charge < -0.3 is 19.3 Å². The van der Waals surface area contributed by atoms with E-state index >= 15 is 0 Å². The molecule has 0 unspecified atom stereocenters. The molecule has 0 spiro atoms. The SMILES string of the molecule is O=c1[nH]c(=O)n([C@@H]2O[C@H](COC(c3ccccc3)(c3ccccc3)c3ccccc3)[C@@H](OC(c3ccccc3)(c3ccccc3)c3ccccc3)[C@H]2O)cc1-c1ccccc1. The summed E-state index contributed by atoms with van der Waals surface area (Å²) < 4.78 is 23.0. The van der Waals surface area contributed by atoms with E-state index in [1.807, 2.05) is 200 Å². The number of nitrogens with one attached hydrogen (secondary N) is 1. The summed E-state index contributed by atoms with van der Waals surface area (Å²) in [5.74, 6) is 0. The molecule has 2 heterocycles. The maximum absolute atomic E-state index is 13.8. The highest BCUT2D eigenvalue weighted by molar-refractivity contribution is 5.61. The average Bonchev–Trinajstić information content (AvgIpc) is 3.63. The quantitative estimate of drug-likeness (QED) is 0.113. The molecule has 1 aliphatic rings. The molecule has 2 N–H and O–H groups in total. The first kappa shape index (κ1) is 39.5. The Morgan fingerprint density at radius 1 is 0.525 bits per heavy atom. The molecule has 0 aliphatic carbocycles. The van der Waals surface area contributed by atoms with Gasteiger partial charge in [-0.15, -0.1) is 0 Å². The molecule has 8 aromatic rings. The molecule has 1 aliphatic heterocycles. The van der Waals surface area contributed by atoms with Crippen LogP contribution in [0.3, 0.4) is 0 Å². The number of nitrogens with zero attached hydrogens (tertiary/aromatic N) is 1. The van der Waals surface area contributed by atoms with Crippen LogP contribution in [0.2, 0.25) is 0 Å². The van der Waals surface area contributed by atoms with Crippen molar-refractivity contribution in [1.29, 1.82) is 0 Å². The van der Waals surface area contributed by atoms with Crippen molar-refractivity contribution in [3.8, 4) is 11.1 Å². The zero-order valence-corrected chi connectivity index (χ0v) is 33.2. The molecule has 1 aromatic heterocycles. The molecule has 0 radical (unpaired) electrons. The lowest BCUT2D eigenvalue weighted by molar-refractivity contribution is -0.131. The predicted octanol–water partition coefficient (Wildman–Crippen LogP) is 8.85. The number of aromatic amines is 1. The first-order valence-electron chi connectivity index (χ1n) is 20.4. The van der Waals surface area contributed by atoms with Crippen molar-refractivity contribution < 1.29 is 19.3 Å². The van der Waals surface area contributed by atoms with E-state index in [1.165, 1.54) is 10.8 Å². The van der Waals surface area contributed by atoms with Crippen LogP contribution >= 0.6 is 0 Å². The predicted molar refractivity (Wildman–Crippen MR) is 236 cm³/mol. The van der Waals surface area contributed by atoms with E-state index in [9.17, 15) is 14.7 Å². The molecule has 4 atom stereocenters. The Morgan fingerprint density at radius 3 is 1.28 bits per heavy atom. The van der Waals surface area contributed by atoms with Crippen LogP contribution in [0.25, 0.3) is 11.1 Å². The number of hydrogen-bond acceptors (Lipinski definition) is 6. The van der Waals surface area contributed by atoms with Crippen LogP contribution < -0.4 is 11.2 Å². The van der Waals surface area contributed by atoms with Crippen LogP contribution in [-0.4, -0.2) is 39.6 Å². The summed E-state index contributed by atoms with van der Waals surface area (Å²) in [7, 11) is 0. The summed E-state index contributed by atoms with van der Waals surface area (Å²) in [6.45, 7) is -0.0883. The van der Waals surface area contributed by atoms with Crippen molar-refractivity contribution in [2.75, 3.05) is 6.61 Å². The second-order valence-electron chi connectivity index (χ2n) is 15.1. The lowest BCUT2D eigenvalue weighted by atomic mass is 9.79. The fourth-order valence-electron chi connectivity index (χ4n) is 8.63. The van der Waals surface area contributed by atoms with Gasteiger partial charge in [0.2, 0.25) is 0 Å². The van der Waals surface area contributed by atoms with Crippen molar-refractivity contribution in [3.05, 3.63) is 273 Å². The lowest BCUT2D eigenvalue weighted by Crippen LogP contribution is -2.47. The number of H-pyrrole nitrogens is 1. The standard InChI is InChI=1S/C53H44N2O6/c56-47-48(61-53(42-30-16-5-17-31-42,43-32-18-6-19-33-43)44-34-20-7-21-35-44)46(60-50(47)55-36-45(49(57)54-51(55)58)38-22-8-1-9-23-38)37-59-52(39-24-10-2-11-25-39,40-26-12-3-13-27-40)41-28-14-4-15-29-41/h1-36,46-48,50,56H,37H2,(H,54,57,58)/t46-,47-,48-,50-/m1/s1. The molecule has 1 saturated heterocycles. The van der Waals surface area contributed by atoms with E-state index in [2.05, 4.69) is 4.98 Å². The number of aliphatic hydroxyl groups is 1. The molecule has 8 heteroatoms. The normalized spacial score (nSPS) is 17.9. The molecular formula is C53H44N2O6. The van der Waals surface area contributed by atoms with Crippen molar-refractivity contribution in [3.63, 3.8) is 0 Å². The van der Waals surface area contributed by atoms with Gasteiger partial charge in [0.25, 0.3) is 5.56 Å². The molecule has 8 nitrogen and oxygen atoms in total. The van der Waals surface area contributed by atoms with E-state index in [0.717, 1.165) is 33.4 Å². The topological polar surface area (TPSA) is 103 Å². The Hall–Kier alpha value is -6.94. The first-order chi connectivity index (χ1) is 30.0. The van der Waals surface area contributed by atoms with Gasteiger partial charge in [-0.25, -0.2) is 4.79 Å². The third kappa shape index (κ3) is 7.47. The van der Waals surface area contributed by atoms with Crippen LogP contribution in [0.5, 0.6) is 0 Å². The zero-order chi connectivity index (χ0) is 41.7. The van der Waals surface area contributed by atoms with Gasteiger partial charge in [-0.1, -0.05) is 212 Å². The monoisotopic (exact) mass is 804 g/mol. The molecule has 7 aromatic carbocycles. The second kappa shape index (κ2) is 17.3. The van der Waals surface area contributed by atoms with Crippen LogP contribution in [0.15, 0.2) is 228 Å². The molecule has 0 saturated carbocycles. The van der Waals surface area contributed by atoms with Gasteiger partial charge in [0, 0.05) is 6.20 Å². The van der Waals surface area contributed by atoms with Gasteiger partial charge in [0.15, 0.2) is 6.23 Å². The lowest BCUT2D eigenvalue weighted by Gasteiger charge is -2.41. The Kier molecular flexibility index (Phi) is 11.2. The number of rotatable bonds is 13. The van der Waals surface area contributed by atoms with Crippen LogP contribution in [-0.2, 0) is 25.4 Å². The van der Waals surface area contributed by atoms with E-state index in [1.54, 1.807) is 12.1 Å². The fraction of sp³-hybridized carbons (Fsp3) is 0.132. The van der Waals surface area contributed by atoms with Crippen molar-refractivity contribution in [2.45, 2.75) is 35.7 Å². The van der Waals surface area contributed by atoms with Crippen LogP contribution in [0, 0.1) is 0 Å². The maximum atomic E-state index is 13.8. The Bertz CT molecular complexity index is 2570. The highest BCUT2D eigenvalue weighted by atomic mass is 16.6. The van der Waals surface area contributed by atoms with Crippen LogP contribution in [0.1, 0.15) is 39.6 Å². The number of hydrogen-bond donors (Lipinski definition) is 2. The van der Waals surface area contributed by atoms with E-state index in [-0.39, 0.29) is 12.2 Å². The summed E-state index contributed by atoms with van der Waals surface area (Å²) in [5.41, 5.74) is 2.28. The average molecular weight is 805 g/mol. The summed E-state index contributed by atoms with van der Waals surface area (Å²) in [5, 5.41) is 12.8. The summed E-state index contributed by atoms with van der Waals surface area (Å²) in [6.07, 6.45) is -3.35. The van der Waals surface area contributed by atoms with Crippen molar-refractivity contribution in [1.82, 2.24) is 9.55 Å². The van der Waals surface area contributed by atoms with E-state index < -0.39 is 47.0 Å². The smallest absolute Gasteiger partial charge is 0.330 e.